The van der Waals surface area contributed by atoms with Crippen LogP contribution >= 0.6 is 0 Å². The Kier molecular flexibility index (Phi) is 4.30. The molecular weight excluding hydrogens is 408 g/mol. The second kappa shape index (κ2) is 7.10. The number of rotatable bonds is 5. The van der Waals surface area contributed by atoms with Gasteiger partial charge >= 0.3 is 0 Å². The summed E-state index contributed by atoms with van der Waals surface area (Å²) in [6, 6.07) is 9.82. The fraction of sp³-hybridized carbons (Fsp3) is 0.545. The number of H-pyrrole nitrogens is 1. The number of nitriles is 1. The number of anilines is 1. The molecule has 6 rings (SSSR count). The molecule has 1 saturated carbocycles. The monoisotopic (exact) mass is 432 g/mol. The zero-order valence-corrected chi connectivity index (χ0v) is 17.8. The Morgan fingerprint density at radius 3 is 2.78 bits per heavy atom. The Bertz CT molecular complexity index is 1090. The SMILES string of the molecule is C[C@@H](CN1C[C@H]2C[C@@H]1C(=O)N2c1ccc(-c2nn[nH]n2)cc1)C(=O)N1C2C[C@H]2C[C@H]1C#N. The highest BCUT2D eigenvalue weighted by molar-refractivity contribution is 6.01. The second-order valence-electron chi connectivity index (χ2n) is 9.44. The van der Waals surface area contributed by atoms with Gasteiger partial charge in [0.15, 0.2) is 0 Å². The van der Waals surface area contributed by atoms with Crippen molar-refractivity contribution >= 4 is 17.5 Å². The van der Waals surface area contributed by atoms with Crippen LogP contribution in [0.4, 0.5) is 5.69 Å². The predicted molar refractivity (Wildman–Crippen MR) is 113 cm³/mol. The van der Waals surface area contributed by atoms with Gasteiger partial charge in [-0.1, -0.05) is 6.92 Å². The lowest BCUT2D eigenvalue weighted by Gasteiger charge is -2.35. The summed E-state index contributed by atoms with van der Waals surface area (Å²) >= 11 is 0. The van der Waals surface area contributed by atoms with Crippen molar-refractivity contribution in [2.24, 2.45) is 11.8 Å². The molecule has 1 aliphatic carbocycles. The minimum atomic E-state index is -0.281. The molecule has 3 saturated heterocycles. The predicted octanol–water partition coefficient (Wildman–Crippen LogP) is 0.805. The van der Waals surface area contributed by atoms with Crippen LogP contribution in [0, 0.1) is 23.2 Å². The van der Waals surface area contributed by atoms with Crippen molar-refractivity contribution in [3.8, 4) is 17.5 Å². The maximum atomic E-state index is 13.2. The Balaban J connectivity index is 1.11. The van der Waals surface area contributed by atoms with Crippen molar-refractivity contribution < 1.29 is 9.59 Å². The Morgan fingerprint density at radius 2 is 2.09 bits per heavy atom. The molecule has 1 aromatic carbocycles. The number of hydrogen-bond donors (Lipinski definition) is 1. The first-order chi connectivity index (χ1) is 15.5. The third-order valence-corrected chi connectivity index (χ3v) is 7.46. The minimum Gasteiger partial charge on any atom is -0.323 e. The number of nitrogens with zero attached hydrogens (tertiary/aromatic N) is 7. The number of piperidine rings is 1. The van der Waals surface area contributed by atoms with Crippen LogP contribution in [0.1, 0.15) is 26.2 Å². The molecule has 10 nitrogen and oxygen atoms in total. The zero-order chi connectivity index (χ0) is 22.0. The number of aromatic nitrogens is 4. The summed E-state index contributed by atoms with van der Waals surface area (Å²) in [5.41, 5.74) is 1.70. The van der Waals surface area contributed by atoms with E-state index in [0.717, 1.165) is 37.1 Å². The molecule has 10 heteroatoms. The van der Waals surface area contributed by atoms with Crippen LogP contribution in [0.25, 0.3) is 11.4 Å². The number of benzene rings is 1. The van der Waals surface area contributed by atoms with Crippen LogP contribution in [0.5, 0.6) is 0 Å². The third kappa shape index (κ3) is 2.92. The van der Waals surface area contributed by atoms with Gasteiger partial charge in [-0.25, -0.2) is 0 Å². The largest absolute Gasteiger partial charge is 0.323 e. The van der Waals surface area contributed by atoms with Crippen LogP contribution in [0.3, 0.4) is 0 Å². The fourth-order valence-electron chi connectivity index (χ4n) is 5.83. The maximum absolute atomic E-state index is 13.2. The number of nitrogens with one attached hydrogen (secondary N) is 1. The van der Waals surface area contributed by atoms with Crippen LogP contribution in [-0.2, 0) is 9.59 Å². The molecule has 4 aliphatic rings. The second-order valence-corrected chi connectivity index (χ2v) is 9.44. The molecule has 1 aromatic heterocycles. The van der Waals surface area contributed by atoms with Gasteiger partial charge in [-0.3, -0.25) is 14.5 Å². The number of likely N-dealkylation sites (tertiary alicyclic amines) is 2. The molecule has 32 heavy (non-hydrogen) atoms. The van der Waals surface area contributed by atoms with Gasteiger partial charge < -0.3 is 9.80 Å². The first kappa shape index (κ1) is 19.4. The van der Waals surface area contributed by atoms with Crippen LogP contribution in [-0.4, -0.2) is 79.5 Å². The third-order valence-electron chi connectivity index (χ3n) is 7.46. The minimum absolute atomic E-state index is 0.0608. The molecule has 2 amide bonds. The molecule has 2 aromatic rings. The van der Waals surface area contributed by atoms with E-state index >= 15 is 0 Å². The van der Waals surface area contributed by atoms with Gasteiger partial charge in [-0.2, -0.15) is 10.5 Å². The number of aromatic amines is 1. The van der Waals surface area contributed by atoms with Gasteiger partial charge in [0, 0.05) is 36.3 Å². The average molecular weight is 432 g/mol. The Labute approximate surface area is 185 Å². The van der Waals surface area contributed by atoms with E-state index in [1.165, 1.54) is 0 Å². The molecule has 6 atom stereocenters. The van der Waals surface area contributed by atoms with Gasteiger partial charge in [0.1, 0.15) is 6.04 Å². The lowest BCUT2D eigenvalue weighted by molar-refractivity contribution is -0.137. The van der Waals surface area contributed by atoms with E-state index < -0.39 is 0 Å². The molecule has 0 radical (unpaired) electrons. The number of hydrogen-bond acceptors (Lipinski definition) is 7. The Morgan fingerprint density at radius 1 is 1.28 bits per heavy atom. The van der Waals surface area contributed by atoms with E-state index in [0.29, 0.717) is 18.3 Å². The fourth-order valence-corrected chi connectivity index (χ4v) is 5.83. The molecule has 4 heterocycles. The van der Waals surface area contributed by atoms with Crippen molar-refractivity contribution in [1.82, 2.24) is 30.4 Å². The van der Waals surface area contributed by atoms with Crippen LogP contribution < -0.4 is 4.90 Å². The topological polar surface area (TPSA) is 122 Å². The quantitative estimate of drug-likeness (QED) is 0.742. The smallest absolute Gasteiger partial charge is 0.244 e. The number of tetrazole rings is 1. The summed E-state index contributed by atoms with van der Waals surface area (Å²) in [4.78, 5) is 32.1. The number of piperazine rings is 1. The summed E-state index contributed by atoms with van der Waals surface area (Å²) in [6.07, 6.45) is 2.62. The average Bonchev–Trinajstić information content (AvgIpc) is 3.25. The summed E-state index contributed by atoms with van der Waals surface area (Å²) in [6.45, 7) is 3.24. The molecule has 4 fully saturated rings. The number of amides is 2. The van der Waals surface area contributed by atoms with E-state index in [1.54, 1.807) is 0 Å². The molecule has 2 bridgehead atoms. The van der Waals surface area contributed by atoms with Crippen molar-refractivity contribution in [3.63, 3.8) is 0 Å². The zero-order valence-electron chi connectivity index (χ0n) is 17.8. The lowest BCUT2D eigenvalue weighted by Crippen LogP contribution is -2.53. The van der Waals surface area contributed by atoms with Crippen molar-refractivity contribution in [2.45, 2.75) is 50.4 Å². The van der Waals surface area contributed by atoms with Crippen molar-refractivity contribution in [2.75, 3.05) is 18.0 Å². The number of carbonyl (C=O) groups is 2. The van der Waals surface area contributed by atoms with E-state index in [1.807, 2.05) is 41.0 Å². The Hall–Kier alpha value is -3.32. The maximum Gasteiger partial charge on any atom is 0.244 e. The standard InChI is InChI=1S/C22H24N8O2/c1-12(21(31)30-16(9-23)6-14-7-18(14)30)10-28-11-17-8-19(28)22(32)29(17)15-4-2-13(3-5-15)20-24-26-27-25-20/h2-5,12,14,16-19H,6-8,10-11H2,1H3,(H,24,25,26,27)/t12-,14+,16-,17+,18?,19+/m0/s1. The molecule has 1 N–H and O–H groups in total. The summed E-state index contributed by atoms with van der Waals surface area (Å²) in [7, 11) is 0. The van der Waals surface area contributed by atoms with Gasteiger partial charge in [0.25, 0.3) is 0 Å². The van der Waals surface area contributed by atoms with Gasteiger partial charge in [0.05, 0.1) is 18.2 Å². The van der Waals surface area contributed by atoms with E-state index in [4.69, 9.17) is 0 Å². The van der Waals surface area contributed by atoms with Crippen LogP contribution in [0.2, 0.25) is 0 Å². The highest BCUT2D eigenvalue weighted by atomic mass is 16.2. The first-order valence-corrected chi connectivity index (χ1v) is 11.2. The van der Waals surface area contributed by atoms with Gasteiger partial charge in [0.2, 0.25) is 17.6 Å². The molecule has 3 aliphatic heterocycles. The van der Waals surface area contributed by atoms with E-state index in [2.05, 4.69) is 31.6 Å². The van der Waals surface area contributed by atoms with Crippen molar-refractivity contribution in [3.05, 3.63) is 24.3 Å². The molecule has 164 valence electrons. The van der Waals surface area contributed by atoms with E-state index in [-0.39, 0.29) is 41.9 Å². The highest BCUT2D eigenvalue weighted by Gasteiger charge is 2.55. The van der Waals surface area contributed by atoms with Crippen LogP contribution in [0.15, 0.2) is 24.3 Å². The summed E-state index contributed by atoms with van der Waals surface area (Å²) in [5.74, 6) is 0.960. The first-order valence-electron chi connectivity index (χ1n) is 11.2. The molecule has 1 unspecified atom stereocenters. The summed E-state index contributed by atoms with van der Waals surface area (Å²) in [5, 5.41) is 23.4. The molecule has 0 spiro atoms. The molecular formula is C22H24N8O2. The highest BCUT2D eigenvalue weighted by Crippen LogP contribution is 2.48. The van der Waals surface area contributed by atoms with E-state index in [9.17, 15) is 14.9 Å². The lowest BCUT2D eigenvalue weighted by atomic mass is 10.1. The summed E-state index contributed by atoms with van der Waals surface area (Å²) < 4.78 is 0. The number of fused-ring (bicyclic) bond motifs is 3. The van der Waals surface area contributed by atoms with Gasteiger partial charge in [-0.15, -0.1) is 10.2 Å². The van der Waals surface area contributed by atoms with Crippen molar-refractivity contribution in [1.29, 1.82) is 5.26 Å². The number of carbonyl (C=O) groups excluding carboxylic acids is 2. The normalized spacial score (nSPS) is 31.6. The van der Waals surface area contributed by atoms with Gasteiger partial charge in [-0.05, 0) is 54.7 Å².